The predicted molar refractivity (Wildman–Crippen MR) is 122 cm³/mol. The predicted octanol–water partition coefficient (Wildman–Crippen LogP) is 5.14. The highest BCUT2D eigenvalue weighted by Gasteiger charge is 2.11. The van der Waals surface area contributed by atoms with E-state index in [-0.39, 0.29) is 16.7 Å². The highest BCUT2D eigenvalue weighted by molar-refractivity contribution is 7.80. The van der Waals surface area contributed by atoms with Crippen LogP contribution in [0.5, 0.6) is 0 Å². The second-order valence-electron chi connectivity index (χ2n) is 6.55. The van der Waals surface area contributed by atoms with Gasteiger partial charge in [0.1, 0.15) is 17.3 Å². The van der Waals surface area contributed by atoms with E-state index in [4.69, 9.17) is 12.2 Å². The van der Waals surface area contributed by atoms with Crippen molar-refractivity contribution in [1.82, 2.24) is 15.2 Å². The number of thiocarbonyl (C=S) groups is 1. The van der Waals surface area contributed by atoms with Gasteiger partial charge in [-0.15, -0.1) is 0 Å². The van der Waals surface area contributed by atoms with Crippen molar-refractivity contribution < 1.29 is 8.78 Å². The molecule has 4 aromatic rings. The molecule has 0 unspecified atom stereocenters. The maximum absolute atomic E-state index is 13.4. The van der Waals surface area contributed by atoms with Crippen molar-refractivity contribution in [3.63, 3.8) is 0 Å². The zero-order valence-corrected chi connectivity index (χ0v) is 17.0. The van der Waals surface area contributed by atoms with Crippen LogP contribution in [0.15, 0.2) is 90.2 Å². The molecule has 0 aliphatic heterocycles. The summed E-state index contributed by atoms with van der Waals surface area (Å²) >= 11 is 5.21. The number of para-hydroxylation sites is 1. The summed E-state index contributed by atoms with van der Waals surface area (Å²) in [5.41, 5.74) is 6.36. The van der Waals surface area contributed by atoms with E-state index in [0.29, 0.717) is 16.9 Å². The van der Waals surface area contributed by atoms with Gasteiger partial charge in [0.05, 0.1) is 11.9 Å². The molecular formula is C23H17F2N5S. The lowest BCUT2D eigenvalue weighted by Crippen LogP contribution is -2.23. The molecule has 0 fully saturated rings. The van der Waals surface area contributed by atoms with Crippen LogP contribution in [-0.4, -0.2) is 21.1 Å². The first-order valence-electron chi connectivity index (χ1n) is 9.35. The highest BCUT2D eigenvalue weighted by Crippen LogP contribution is 2.23. The molecular weight excluding hydrogens is 416 g/mol. The van der Waals surface area contributed by atoms with Gasteiger partial charge in [-0.05, 0) is 72.9 Å². The summed E-state index contributed by atoms with van der Waals surface area (Å²) in [7, 11) is 0. The summed E-state index contributed by atoms with van der Waals surface area (Å²) < 4.78 is 28.1. The van der Waals surface area contributed by atoms with Crippen molar-refractivity contribution in [1.29, 1.82) is 0 Å². The van der Waals surface area contributed by atoms with Gasteiger partial charge < -0.3 is 5.32 Å². The Kier molecular flexibility index (Phi) is 6.09. The van der Waals surface area contributed by atoms with Crippen LogP contribution in [0.4, 0.5) is 14.5 Å². The number of hydrazone groups is 1. The minimum atomic E-state index is -0.328. The Bertz CT molecular complexity index is 1200. The van der Waals surface area contributed by atoms with Crippen molar-refractivity contribution >= 4 is 29.2 Å². The SMILES string of the molecule is Fc1ccc(NC(=S)NN=Cc2cn(-c3ccccc3)nc2-c2ccc(F)cc2)cc1. The van der Waals surface area contributed by atoms with Crippen molar-refractivity contribution in [2.45, 2.75) is 0 Å². The van der Waals surface area contributed by atoms with E-state index >= 15 is 0 Å². The monoisotopic (exact) mass is 433 g/mol. The molecule has 0 bridgehead atoms. The van der Waals surface area contributed by atoms with Crippen LogP contribution in [-0.2, 0) is 0 Å². The molecule has 0 saturated heterocycles. The number of nitrogens with zero attached hydrogens (tertiary/aromatic N) is 3. The first-order chi connectivity index (χ1) is 15.1. The highest BCUT2D eigenvalue weighted by atomic mass is 32.1. The van der Waals surface area contributed by atoms with Gasteiger partial charge in [0, 0.05) is 23.0 Å². The lowest BCUT2D eigenvalue weighted by Gasteiger charge is -2.06. The Hall–Kier alpha value is -3.91. The van der Waals surface area contributed by atoms with E-state index in [2.05, 4.69) is 20.9 Å². The minimum Gasteiger partial charge on any atom is -0.331 e. The second kappa shape index (κ2) is 9.27. The van der Waals surface area contributed by atoms with Crippen molar-refractivity contribution in [2.24, 2.45) is 5.10 Å². The molecule has 4 rings (SSSR count). The fourth-order valence-corrected chi connectivity index (χ4v) is 3.05. The van der Waals surface area contributed by atoms with Crippen LogP contribution < -0.4 is 10.7 Å². The van der Waals surface area contributed by atoms with Gasteiger partial charge in [0.25, 0.3) is 0 Å². The molecule has 0 atom stereocenters. The molecule has 1 heterocycles. The molecule has 3 aromatic carbocycles. The van der Waals surface area contributed by atoms with Gasteiger partial charge in [0.15, 0.2) is 5.11 Å². The molecule has 8 heteroatoms. The van der Waals surface area contributed by atoms with Crippen LogP contribution in [0.25, 0.3) is 16.9 Å². The van der Waals surface area contributed by atoms with E-state index in [0.717, 1.165) is 11.3 Å². The summed E-state index contributed by atoms with van der Waals surface area (Å²) in [5, 5.41) is 12.0. The second-order valence-corrected chi connectivity index (χ2v) is 6.96. The van der Waals surface area contributed by atoms with E-state index < -0.39 is 0 Å². The summed E-state index contributed by atoms with van der Waals surface area (Å²) in [6, 6.07) is 21.6. The lowest BCUT2D eigenvalue weighted by atomic mass is 10.1. The summed E-state index contributed by atoms with van der Waals surface area (Å²) in [6.07, 6.45) is 3.42. The molecule has 0 saturated carbocycles. The van der Waals surface area contributed by atoms with E-state index in [1.54, 1.807) is 35.2 Å². The van der Waals surface area contributed by atoms with Gasteiger partial charge in [-0.2, -0.15) is 10.2 Å². The number of anilines is 1. The lowest BCUT2D eigenvalue weighted by molar-refractivity contribution is 0.627. The molecule has 0 radical (unpaired) electrons. The Morgan fingerprint density at radius 3 is 2.23 bits per heavy atom. The number of aromatic nitrogens is 2. The Balaban J connectivity index is 1.55. The Morgan fingerprint density at radius 2 is 1.55 bits per heavy atom. The van der Waals surface area contributed by atoms with Gasteiger partial charge in [0.2, 0.25) is 0 Å². The van der Waals surface area contributed by atoms with E-state index in [9.17, 15) is 8.78 Å². The molecule has 5 nitrogen and oxygen atoms in total. The number of benzene rings is 3. The number of hydrogen-bond acceptors (Lipinski definition) is 3. The fraction of sp³-hybridized carbons (Fsp3) is 0. The molecule has 0 aliphatic carbocycles. The first-order valence-corrected chi connectivity index (χ1v) is 9.76. The normalized spacial score (nSPS) is 10.9. The molecule has 0 amide bonds. The number of nitrogens with one attached hydrogen (secondary N) is 2. The Labute approximate surface area is 183 Å². The van der Waals surface area contributed by atoms with Gasteiger partial charge in [-0.25, -0.2) is 13.5 Å². The van der Waals surface area contributed by atoms with E-state index in [1.807, 2.05) is 36.5 Å². The molecule has 1 aromatic heterocycles. The topological polar surface area (TPSA) is 54.2 Å². The van der Waals surface area contributed by atoms with Crippen LogP contribution in [0.3, 0.4) is 0 Å². The third kappa shape index (κ3) is 5.18. The molecule has 31 heavy (non-hydrogen) atoms. The third-order valence-electron chi connectivity index (χ3n) is 4.35. The average Bonchev–Trinajstić information content (AvgIpc) is 3.21. The largest absolute Gasteiger partial charge is 0.331 e. The van der Waals surface area contributed by atoms with Crippen molar-refractivity contribution in [3.8, 4) is 16.9 Å². The van der Waals surface area contributed by atoms with Crippen molar-refractivity contribution in [2.75, 3.05) is 5.32 Å². The maximum Gasteiger partial charge on any atom is 0.191 e. The minimum absolute atomic E-state index is 0.252. The molecule has 0 aliphatic rings. The van der Waals surface area contributed by atoms with Crippen molar-refractivity contribution in [3.05, 3.63) is 102 Å². The number of rotatable bonds is 5. The van der Waals surface area contributed by atoms with Gasteiger partial charge in [-0.1, -0.05) is 18.2 Å². The number of halogens is 2. The summed E-state index contributed by atoms with van der Waals surface area (Å²) in [4.78, 5) is 0. The van der Waals surface area contributed by atoms with Gasteiger partial charge in [-0.3, -0.25) is 5.43 Å². The zero-order chi connectivity index (χ0) is 21.6. The first kappa shape index (κ1) is 20.4. The Morgan fingerprint density at radius 1 is 0.903 bits per heavy atom. The van der Waals surface area contributed by atoms with Crippen LogP contribution in [0.2, 0.25) is 0 Å². The van der Waals surface area contributed by atoms with Crippen LogP contribution in [0, 0.1) is 11.6 Å². The fourth-order valence-electron chi connectivity index (χ4n) is 2.88. The molecule has 2 N–H and O–H groups in total. The van der Waals surface area contributed by atoms with Gasteiger partial charge >= 0.3 is 0 Å². The standard InChI is InChI=1S/C23H17F2N5S/c24-18-8-6-16(7-9-18)22-17(15-30(29-22)21-4-2-1-3-5-21)14-26-28-23(31)27-20-12-10-19(25)11-13-20/h1-15H,(H2,27,28,31). The maximum atomic E-state index is 13.4. The third-order valence-corrected chi connectivity index (χ3v) is 4.55. The summed E-state index contributed by atoms with van der Waals surface area (Å²) in [5.74, 6) is -0.647. The van der Waals surface area contributed by atoms with Crippen LogP contribution >= 0.6 is 12.2 Å². The average molecular weight is 433 g/mol. The van der Waals surface area contributed by atoms with Crippen LogP contribution in [0.1, 0.15) is 5.56 Å². The zero-order valence-electron chi connectivity index (χ0n) is 16.2. The quantitative estimate of drug-likeness (QED) is 0.260. The summed E-state index contributed by atoms with van der Waals surface area (Å²) in [6.45, 7) is 0. The van der Waals surface area contributed by atoms with E-state index in [1.165, 1.54) is 24.3 Å². The molecule has 0 spiro atoms. The molecule has 154 valence electrons. The smallest absolute Gasteiger partial charge is 0.191 e. The number of hydrogen-bond donors (Lipinski definition) is 2.